The van der Waals surface area contributed by atoms with Crippen molar-refractivity contribution in [2.75, 3.05) is 12.8 Å². The normalized spacial score (nSPS) is 13.4. The number of carbonyl (C=O) groups is 1. The Labute approximate surface area is 119 Å². The largest absolute Gasteiger partial charge is 0.346 e. The van der Waals surface area contributed by atoms with Gasteiger partial charge in [0.25, 0.3) is 0 Å². The molecule has 1 atom stereocenters. The Balaban J connectivity index is 2.51. The highest BCUT2D eigenvalue weighted by Gasteiger charge is 2.17. The summed E-state index contributed by atoms with van der Waals surface area (Å²) in [6, 6.07) is -0.0862. The molecule has 0 bridgehead atoms. The van der Waals surface area contributed by atoms with Crippen molar-refractivity contribution in [2.45, 2.75) is 39.3 Å². The minimum Gasteiger partial charge on any atom is -0.346 e. The van der Waals surface area contributed by atoms with E-state index in [4.69, 9.17) is 0 Å². The van der Waals surface area contributed by atoms with Crippen LogP contribution in [-0.2, 0) is 14.8 Å². The molecule has 1 amide bonds. The molecule has 1 unspecified atom stereocenters. The monoisotopic (exact) mass is 303 g/mol. The zero-order chi connectivity index (χ0) is 15.3. The van der Waals surface area contributed by atoms with Crippen molar-refractivity contribution in [3.8, 4) is 0 Å². The maximum Gasteiger partial charge on any atom is 0.221 e. The van der Waals surface area contributed by atoms with Gasteiger partial charge in [0.1, 0.15) is 6.33 Å². The molecule has 0 aromatic carbocycles. The van der Waals surface area contributed by atoms with Crippen LogP contribution in [0.3, 0.4) is 0 Å². The van der Waals surface area contributed by atoms with Crippen molar-refractivity contribution < 1.29 is 13.2 Å². The number of nitrogens with one attached hydrogen (secondary N) is 2. The third-order valence-electron chi connectivity index (χ3n) is 2.64. The quantitative estimate of drug-likeness (QED) is 0.736. The standard InChI is InChI=1S/C11H21N5O3S/c1-8(2)16-7-12-15-11(16)9(3)14-10(17)5-6-13-20(4,18)19/h7-9,13H,5-6H2,1-4H3,(H,14,17). The van der Waals surface area contributed by atoms with Crippen LogP contribution in [0.4, 0.5) is 0 Å². The minimum atomic E-state index is -3.27. The number of carbonyl (C=O) groups excluding carboxylic acids is 1. The molecule has 0 aliphatic carbocycles. The predicted octanol–water partition coefficient (Wildman–Crippen LogP) is -0.0245. The van der Waals surface area contributed by atoms with E-state index in [2.05, 4.69) is 20.2 Å². The maximum atomic E-state index is 11.7. The Kier molecular flexibility index (Phi) is 5.63. The molecule has 0 aliphatic rings. The molecule has 1 aromatic heterocycles. The number of amides is 1. The van der Waals surface area contributed by atoms with Crippen molar-refractivity contribution in [2.24, 2.45) is 0 Å². The van der Waals surface area contributed by atoms with Crippen LogP contribution in [0.25, 0.3) is 0 Å². The molecule has 114 valence electrons. The molecule has 0 saturated carbocycles. The lowest BCUT2D eigenvalue weighted by molar-refractivity contribution is -0.121. The lowest BCUT2D eigenvalue weighted by Crippen LogP contribution is -2.32. The molecular weight excluding hydrogens is 282 g/mol. The van der Waals surface area contributed by atoms with E-state index in [-0.39, 0.29) is 31.0 Å². The van der Waals surface area contributed by atoms with E-state index >= 15 is 0 Å². The van der Waals surface area contributed by atoms with Gasteiger partial charge in [-0.1, -0.05) is 0 Å². The van der Waals surface area contributed by atoms with E-state index in [1.165, 1.54) is 0 Å². The topological polar surface area (TPSA) is 106 Å². The van der Waals surface area contributed by atoms with Gasteiger partial charge in [0.2, 0.25) is 15.9 Å². The molecule has 1 rings (SSSR count). The average Bonchev–Trinajstić information content (AvgIpc) is 2.75. The van der Waals surface area contributed by atoms with Crippen molar-refractivity contribution in [1.82, 2.24) is 24.8 Å². The summed E-state index contributed by atoms with van der Waals surface area (Å²) in [4.78, 5) is 11.7. The average molecular weight is 303 g/mol. The SMILES string of the molecule is CC(NC(=O)CCNS(C)(=O)=O)c1nncn1C(C)C. The Bertz CT molecular complexity index is 552. The molecule has 0 aliphatic heterocycles. The van der Waals surface area contributed by atoms with Gasteiger partial charge in [0.05, 0.1) is 12.3 Å². The van der Waals surface area contributed by atoms with Gasteiger partial charge in [0, 0.05) is 19.0 Å². The Hall–Kier alpha value is -1.48. The van der Waals surface area contributed by atoms with E-state index in [9.17, 15) is 13.2 Å². The molecule has 1 aromatic rings. The third kappa shape index (κ3) is 5.25. The zero-order valence-electron chi connectivity index (χ0n) is 12.1. The highest BCUT2D eigenvalue weighted by molar-refractivity contribution is 7.88. The number of aromatic nitrogens is 3. The van der Waals surface area contributed by atoms with Crippen LogP contribution in [0, 0.1) is 0 Å². The summed E-state index contributed by atoms with van der Waals surface area (Å²) in [5.74, 6) is 0.427. The fourth-order valence-corrected chi connectivity index (χ4v) is 2.16. The van der Waals surface area contributed by atoms with E-state index in [1.807, 2.05) is 25.3 Å². The minimum absolute atomic E-state index is 0.0766. The van der Waals surface area contributed by atoms with Crippen LogP contribution in [0.5, 0.6) is 0 Å². The first-order chi connectivity index (χ1) is 9.20. The summed E-state index contributed by atoms with van der Waals surface area (Å²) in [5, 5.41) is 10.6. The van der Waals surface area contributed by atoms with Gasteiger partial charge in [0.15, 0.2) is 5.82 Å². The number of sulfonamides is 1. The molecule has 0 saturated heterocycles. The second-order valence-corrected chi connectivity index (χ2v) is 6.73. The van der Waals surface area contributed by atoms with Crippen LogP contribution in [0.2, 0.25) is 0 Å². The highest BCUT2D eigenvalue weighted by atomic mass is 32.2. The van der Waals surface area contributed by atoms with Gasteiger partial charge >= 0.3 is 0 Å². The molecule has 0 spiro atoms. The smallest absolute Gasteiger partial charge is 0.221 e. The van der Waals surface area contributed by atoms with Gasteiger partial charge in [-0.25, -0.2) is 13.1 Å². The molecule has 0 fully saturated rings. The summed E-state index contributed by atoms with van der Waals surface area (Å²) in [6.07, 6.45) is 2.75. The lowest BCUT2D eigenvalue weighted by atomic mass is 10.2. The summed E-state index contributed by atoms with van der Waals surface area (Å²) in [7, 11) is -3.27. The molecule has 0 radical (unpaired) electrons. The van der Waals surface area contributed by atoms with Gasteiger partial charge < -0.3 is 9.88 Å². The van der Waals surface area contributed by atoms with Crippen LogP contribution < -0.4 is 10.0 Å². The van der Waals surface area contributed by atoms with Crippen LogP contribution in [0.15, 0.2) is 6.33 Å². The highest BCUT2D eigenvalue weighted by Crippen LogP contribution is 2.13. The second-order valence-electron chi connectivity index (χ2n) is 4.90. The summed E-state index contributed by atoms with van der Waals surface area (Å²) in [5.41, 5.74) is 0. The molecular formula is C11H21N5O3S. The van der Waals surface area contributed by atoms with Crippen molar-refractivity contribution in [3.05, 3.63) is 12.2 Å². The first-order valence-electron chi connectivity index (χ1n) is 6.34. The van der Waals surface area contributed by atoms with Gasteiger partial charge in [-0.15, -0.1) is 10.2 Å². The van der Waals surface area contributed by atoms with Crippen LogP contribution in [0.1, 0.15) is 45.1 Å². The Morgan fingerprint density at radius 1 is 1.40 bits per heavy atom. The molecule has 1 heterocycles. The fraction of sp³-hybridized carbons (Fsp3) is 0.727. The van der Waals surface area contributed by atoms with Crippen molar-refractivity contribution >= 4 is 15.9 Å². The Morgan fingerprint density at radius 3 is 2.60 bits per heavy atom. The van der Waals surface area contributed by atoms with Gasteiger partial charge in [-0.3, -0.25) is 4.79 Å². The molecule has 8 nitrogen and oxygen atoms in total. The number of hydrogen-bond donors (Lipinski definition) is 2. The van der Waals surface area contributed by atoms with E-state index in [0.717, 1.165) is 6.26 Å². The fourth-order valence-electron chi connectivity index (χ4n) is 1.69. The predicted molar refractivity (Wildman–Crippen MR) is 74.4 cm³/mol. The van der Waals surface area contributed by atoms with Crippen molar-refractivity contribution in [1.29, 1.82) is 0 Å². The second kappa shape index (κ2) is 6.80. The summed E-state index contributed by atoms with van der Waals surface area (Å²) >= 11 is 0. The first-order valence-corrected chi connectivity index (χ1v) is 8.23. The van der Waals surface area contributed by atoms with Gasteiger partial charge in [-0.2, -0.15) is 0 Å². The van der Waals surface area contributed by atoms with E-state index < -0.39 is 10.0 Å². The van der Waals surface area contributed by atoms with Gasteiger partial charge in [-0.05, 0) is 20.8 Å². The van der Waals surface area contributed by atoms with Crippen molar-refractivity contribution in [3.63, 3.8) is 0 Å². The third-order valence-corrected chi connectivity index (χ3v) is 3.37. The lowest BCUT2D eigenvalue weighted by Gasteiger charge is -2.16. The zero-order valence-corrected chi connectivity index (χ0v) is 12.9. The number of rotatable bonds is 7. The molecule has 2 N–H and O–H groups in total. The summed E-state index contributed by atoms with van der Waals surface area (Å²) < 4.78 is 25.9. The molecule has 9 heteroatoms. The number of nitrogens with zero attached hydrogens (tertiary/aromatic N) is 3. The Morgan fingerprint density at radius 2 is 2.05 bits per heavy atom. The number of hydrogen-bond acceptors (Lipinski definition) is 5. The molecule has 20 heavy (non-hydrogen) atoms. The van der Waals surface area contributed by atoms with Crippen LogP contribution in [-0.4, -0.2) is 41.9 Å². The summed E-state index contributed by atoms with van der Waals surface area (Å²) in [6.45, 7) is 5.88. The van der Waals surface area contributed by atoms with E-state index in [1.54, 1.807) is 6.33 Å². The van der Waals surface area contributed by atoms with E-state index in [0.29, 0.717) is 5.82 Å². The maximum absolute atomic E-state index is 11.7. The first kappa shape index (κ1) is 16.6. The van der Waals surface area contributed by atoms with Crippen LogP contribution >= 0.6 is 0 Å².